The second kappa shape index (κ2) is 4.19. The minimum atomic E-state index is -5.56. The van der Waals surface area contributed by atoms with Gasteiger partial charge in [0, 0.05) is 6.04 Å². The van der Waals surface area contributed by atoms with Gasteiger partial charge in [-0.2, -0.15) is 22.0 Å². The molecule has 0 aromatic carbocycles. The van der Waals surface area contributed by atoms with Crippen molar-refractivity contribution in [1.29, 1.82) is 0 Å². The summed E-state index contributed by atoms with van der Waals surface area (Å²) in [5.74, 6) is -4.80. The fourth-order valence-electron chi connectivity index (χ4n) is 0.455. The lowest BCUT2D eigenvalue weighted by molar-refractivity contribution is -0.296. The number of hydrogen-bond donors (Lipinski definition) is 1. The maximum Gasteiger partial charge on any atom is 0.455 e. The molecule has 0 fully saturated rings. The van der Waals surface area contributed by atoms with Crippen LogP contribution in [0.2, 0.25) is 0 Å². The zero-order valence-electron chi connectivity index (χ0n) is 6.87. The predicted molar refractivity (Wildman–Crippen MR) is 35.5 cm³/mol. The average molecular weight is 207 g/mol. The molecule has 0 aliphatic heterocycles. The van der Waals surface area contributed by atoms with Crippen LogP contribution in [0.15, 0.2) is 0 Å². The number of nitrogens with two attached hydrogens (primary N) is 1. The molecule has 0 bridgehead atoms. The number of alkyl halides is 5. The van der Waals surface area contributed by atoms with Crippen molar-refractivity contribution in [2.24, 2.45) is 5.73 Å². The molecule has 0 aliphatic carbocycles. The highest BCUT2D eigenvalue weighted by Gasteiger charge is 2.57. The summed E-state index contributed by atoms with van der Waals surface area (Å²) in [6.07, 6.45) is -5.56. The van der Waals surface area contributed by atoms with Gasteiger partial charge in [0.1, 0.15) is 6.61 Å². The average Bonchev–Trinajstić information content (AvgIpc) is 1.82. The zero-order valence-corrected chi connectivity index (χ0v) is 6.87. The van der Waals surface area contributed by atoms with Crippen LogP contribution in [0.3, 0.4) is 0 Å². The van der Waals surface area contributed by atoms with Gasteiger partial charge in [-0.25, -0.2) is 0 Å². The maximum atomic E-state index is 12.1. The van der Waals surface area contributed by atoms with Crippen molar-refractivity contribution in [2.45, 2.75) is 25.1 Å². The van der Waals surface area contributed by atoms with Gasteiger partial charge in [-0.1, -0.05) is 0 Å². The summed E-state index contributed by atoms with van der Waals surface area (Å²) in [5, 5.41) is 0. The van der Waals surface area contributed by atoms with Crippen LogP contribution in [-0.4, -0.2) is 31.4 Å². The summed E-state index contributed by atoms with van der Waals surface area (Å²) in [7, 11) is 0. The van der Waals surface area contributed by atoms with Crippen LogP contribution >= 0.6 is 0 Å². The van der Waals surface area contributed by atoms with E-state index < -0.39 is 24.7 Å². The van der Waals surface area contributed by atoms with E-state index in [4.69, 9.17) is 5.73 Å². The fraction of sp³-hybridized carbons (Fsp3) is 1.00. The summed E-state index contributed by atoms with van der Waals surface area (Å²) in [4.78, 5) is 0. The Labute approximate surface area is 71.8 Å². The Kier molecular flexibility index (Phi) is 4.05. The van der Waals surface area contributed by atoms with Crippen molar-refractivity contribution in [3.8, 4) is 0 Å². The van der Waals surface area contributed by atoms with E-state index in [0.29, 0.717) is 0 Å². The number of hydrogen-bond acceptors (Lipinski definition) is 2. The Morgan fingerprint density at radius 2 is 1.69 bits per heavy atom. The van der Waals surface area contributed by atoms with E-state index >= 15 is 0 Å². The van der Waals surface area contributed by atoms with E-state index in [9.17, 15) is 22.0 Å². The fourth-order valence-corrected chi connectivity index (χ4v) is 0.455. The third-order valence-electron chi connectivity index (χ3n) is 1.08. The molecule has 0 aliphatic rings. The van der Waals surface area contributed by atoms with Gasteiger partial charge in [-0.15, -0.1) is 0 Å². The molecule has 0 saturated carbocycles. The molecule has 0 unspecified atom stereocenters. The Bertz CT molecular complexity index is 156. The summed E-state index contributed by atoms with van der Waals surface area (Å²) < 4.78 is 62.8. The van der Waals surface area contributed by atoms with Gasteiger partial charge in [-0.3, -0.25) is 0 Å². The van der Waals surface area contributed by atoms with Crippen molar-refractivity contribution in [2.75, 3.05) is 13.2 Å². The van der Waals surface area contributed by atoms with E-state index in [1.807, 2.05) is 0 Å². The molecule has 0 saturated heterocycles. The maximum absolute atomic E-state index is 12.1. The lowest BCUT2D eigenvalue weighted by Gasteiger charge is -2.19. The van der Waals surface area contributed by atoms with Crippen molar-refractivity contribution < 1.29 is 26.7 Å². The molecule has 0 radical (unpaired) electrons. The molecule has 0 rings (SSSR count). The number of ether oxygens (including phenoxy) is 1. The summed E-state index contributed by atoms with van der Waals surface area (Å²) in [6, 6.07) is -0.566. The molecule has 13 heavy (non-hydrogen) atoms. The molecule has 0 amide bonds. The first kappa shape index (κ1) is 12.6. The second-order valence-corrected chi connectivity index (χ2v) is 2.69. The predicted octanol–water partition coefficient (Wildman–Crippen LogP) is 1.55. The van der Waals surface area contributed by atoms with Crippen LogP contribution < -0.4 is 5.73 Å². The van der Waals surface area contributed by atoms with Crippen LogP contribution in [0.1, 0.15) is 6.92 Å². The Balaban J connectivity index is 3.90. The molecule has 7 heteroatoms. The van der Waals surface area contributed by atoms with Crippen LogP contribution in [0.4, 0.5) is 22.0 Å². The minimum absolute atomic E-state index is 0.328. The van der Waals surface area contributed by atoms with E-state index in [1.165, 1.54) is 6.92 Å². The Morgan fingerprint density at radius 3 is 2.00 bits per heavy atom. The lowest BCUT2D eigenvalue weighted by atomic mass is 10.3. The van der Waals surface area contributed by atoms with Crippen molar-refractivity contribution in [3.63, 3.8) is 0 Å². The lowest BCUT2D eigenvalue weighted by Crippen LogP contribution is -2.41. The topological polar surface area (TPSA) is 35.2 Å². The highest BCUT2D eigenvalue weighted by Crippen LogP contribution is 2.35. The van der Waals surface area contributed by atoms with E-state index in [2.05, 4.69) is 4.74 Å². The molecule has 2 nitrogen and oxygen atoms in total. The highest BCUT2D eigenvalue weighted by atomic mass is 19.4. The summed E-state index contributed by atoms with van der Waals surface area (Å²) in [5.41, 5.74) is 5.08. The van der Waals surface area contributed by atoms with Gasteiger partial charge in [-0.05, 0) is 6.92 Å². The number of halogens is 5. The van der Waals surface area contributed by atoms with Crippen LogP contribution in [0.5, 0.6) is 0 Å². The third-order valence-corrected chi connectivity index (χ3v) is 1.08. The zero-order chi connectivity index (χ0) is 10.7. The SMILES string of the molecule is C[C@@H](N)COCC(F)(F)C(F)(F)F. The van der Waals surface area contributed by atoms with Crippen LogP contribution in [-0.2, 0) is 4.74 Å². The van der Waals surface area contributed by atoms with Gasteiger partial charge in [0.05, 0.1) is 6.61 Å². The Hall–Kier alpha value is -0.430. The van der Waals surface area contributed by atoms with Gasteiger partial charge in [0.15, 0.2) is 0 Å². The van der Waals surface area contributed by atoms with Crippen molar-refractivity contribution in [3.05, 3.63) is 0 Å². The van der Waals surface area contributed by atoms with E-state index in [0.717, 1.165) is 0 Å². The number of rotatable bonds is 4. The largest absolute Gasteiger partial charge is 0.455 e. The second-order valence-electron chi connectivity index (χ2n) is 2.69. The normalized spacial score (nSPS) is 15.9. The molecular formula is C6H10F5NO. The monoisotopic (exact) mass is 207 g/mol. The molecule has 80 valence electrons. The standard InChI is InChI=1S/C6H10F5NO/c1-4(12)2-13-3-5(7,8)6(9,10)11/h4H,2-3,12H2,1H3/t4-/m1/s1. The molecule has 2 N–H and O–H groups in total. The van der Waals surface area contributed by atoms with Gasteiger partial charge in [0.25, 0.3) is 0 Å². The quantitative estimate of drug-likeness (QED) is 0.710. The molecule has 0 spiro atoms. The van der Waals surface area contributed by atoms with Gasteiger partial charge < -0.3 is 10.5 Å². The molecule has 1 atom stereocenters. The van der Waals surface area contributed by atoms with Crippen LogP contribution in [0, 0.1) is 0 Å². The third kappa shape index (κ3) is 4.37. The first-order valence-electron chi connectivity index (χ1n) is 3.44. The minimum Gasteiger partial charge on any atom is -0.373 e. The molecule has 0 aromatic rings. The molecular weight excluding hydrogens is 197 g/mol. The highest BCUT2D eigenvalue weighted by molar-refractivity contribution is 4.75. The smallest absolute Gasteiger partial charge is 0.373 e. The Morgan fingerprint density at radius 1 is 1.23 bits per heavy atom. The summed E-state index contributed by atoms with van der Waals surface area (Å²) >= 11 is 0. The van der Waals surface area contributed by atoms with Crippen LogP contribution in [0.25, 0.3) is 0 Å². The first-order chi connectivity index (χ1) is 5.67. The van der Waals surface area contributed by atoms with Crippen molar-refractivity contribution >= 4 is 0 Å². The van der Waals surface area contributed by atoms with Gasteiger partial charge in [0.2, 0.25) is 0 Å². The van der Waals surface area contributed by atoms with Crippen molar-refractivity contribution in [1.82, 2.24) is 0 Å². The summed E-state index contributed by atoms with van der Waals surface area (Å²) in [6.45, 7) is -0.574. The molecule has 0 heterocycles. The van der Waals surface area contributed by atoms with E-state index in [1.54, 1.807) is 0 Å². The molecule has 0 aromatic heterocycles. The van der Waals surface area contributed by atoms with E-state index in [-0.39, 0.29) is 6.61 Å². The first-order valence-corrected chi connectivity index (χ1v) is 3.44. The van der Waals surface area contributed by atoms with Gasteiger partial charge >= 0.3 is 12.1 Å².